The van der Waals surface area contributed by atoms with Gasteiger partial charge in [-0.1, -0.05) is 30.9 Å². The third-order valence-corrected chi connectivity index (χ3v) is 3.51. The van der Waals surface area contributed by atoms with Gasteiger partial charge in [-0.25, -0.2) is 4.68 Å². The van der Waals surface area contributed by atoms with Crippen LogP contribution >= 0.6 is 0 Å². The molecule has 1 aliphatic rings. The largest absolute Gasteiger partial charge is 0.456 e. The number of carbonyl (C=O) groups excluding carboxylic acids is 1. The second-order valence-corrected chi connectivity index (χ2v) is 5.19. The zero-order chi connectivity index (χ0) is 14.8. The number of halogens is 3. The van der Waals surface area contributed by atoms with E-state index < -0.39 is 23.8 Å². The monoisotopic (exact) mass is 291 g/mol. The van der Waals surface area contributed by atoms with Gasteiger partial charge < -0.3 is 5.11 Å². The minimum Gasteiger partial charge on any atom is -0.391 e. The second kappa shape index (κ2) is 5.90. The van der Waals surface area contributed by atoms with E-state index in [2.05, 4.69) is 10.3 Å². The summed E-state index contributed by atoms with van der Waals surface area (Å²) in [5.74, 6) is -1.56. The Morgan fingerprint density at radius 1 is 1.45 bits per heavy atom. The maximum Gasteiger partial charge on any atom is 0.456 e. The zero-order valence-electron chi connectivity index (χ0n) is 10.8. The van der Waals surface area contributed by atoms with E-state index in [9.17, 15) is 23.1 Å². The van der Waals surface area contributed by atoms with Gasteiger partial charge >= 0.3 is 6.18 Å². The van der Waals surface area contributed by atoms with Gasteiger partial charge in [0.25, 0.3) is 5.78 Å². The number of nitrogens with zero attached hydrogens (tertiary/aromatic N) is 3. The highest BCUT2D eigenvalue weighted by molar-refractivity contribution is 5.98. The lowest BCUT2D eigenvalue weighted by atomic mass is 10.0. The van der Waals surface area contributed by atoms with Crippen molar-refractivity contribution in [2.45, 2.75) is 50.9 Å². The average molecular weight is 291 g/mol. The van der Waals surface area contributed by atoms with Crippen molar-refractivity contribution in [1.82, 2.24) is 15.0 Å². The molecule has 0 amide bonds. The van der Waals surface area contributed by atoms with Crippen LogP contribution in [0.1, 0.15) is 42.6 Å². The van der Waals surface area contributed by atoms with E-state index in [0.29, 0.717) is 12.3 Å². The van der Waals surface area contributed by atoms with Crippen LogP contribution in [-0.4, -0.2) is 38.2 Å². The Kier molecular flexibility index (Phi) is 4.42. The molecule has 2 rings (SSSR count). The van der Waals surface area contributed by atoms with Gasteiger partial charge in [-0.2, -0.15) is 13.2 Å². The molecule has 8 heteroatoms. The van der Waals surface area contributed by atoms with Crippen LogP contribution in [-0.2, 0) is 6.54 Å². The lowest BCUT2D eigenvalue weighted by Crippen LogP contribution is -2.23. The zero-order valence-corrected chi connectivity index (χ0v) is 10.8. The summed E-state index contributed by atoms with van der Waals surface area (Å²) in [5, 5.41) is 16.5. The number of aliphatic hydroxyl groups excluding tert-OH is 1. The number of hydrogen-bond donors (Lipinski definition) is 1. The highest BCUT2D eigenvalue weighted by atomic mass is 19.4. The SMILES string of the molecule is O=C(c1cn(CC(O)CC2CCCC2)nn1)C(F)(F)F. The van der Waals surface area contributed by atoms with Crippen LogP contribution in [0.15, 0.2) is 6.20 Å². The topological polar surface area (TPSA) is 68.0 Å². The van der Waals surface area contributed by atoms with Crippen molar-refractivity contribution in [2.24, 2.45) is 5.92 Å². The third-order valence-electron chi connectivity index (χ3n) is 3.51. The molecule has 20 heavy (non-hydrogen) atoms. The summed E-state index contributed by atoms with van der Waals surface area (Å²) in [6.45, 7) is 0.0502. The molecular weight excluding hydrogens is 275 g/mol. The second-order valence-electron chi connectivity index (χ2n) is 5.19. The summed E-state index contributed by atoms with van der Waals surface area (Å²) in [4.78, 5) is 10.9. The highest BCUT2D eigenvalue weighted by Gasteiger charge is 2.41. The van der Waals surface area contributed by atoms with E-state index in [0.717, 1.165) is 36.6 Å². The van der Waals surface area contributed by atoms with Crippen LogP contribution in [0.25, 0.3) is 0 Å². The van der Waals surface area contributed by atoms with E-state index in [-0.39, 0.29) is 6.54 Å². The number of alkyl halides is 3. The van der Waals surface area contributed by atoms with E-state index in [1.165, 1.54) is 0 Å². The van der Waals surface area contributed by atoms with Gasteiger partial charge in [-0.15, -0.1) is 5.10 Å². The number of hydrogen-bond acceptors (Lipinski definition) is 4. The highest BCUT2D eigenvalue weighted by Crippen LogP contribution is 2.28. The predicted molar refractivity (Wildman–Crippen MR) is 63.0 cm³/mol. The smallest absolute Gasteiger partial charge is 0.391 e. The maximum absolute atomic E-state index is 12.2. The number of carbonyl (C=O) groups is 1. The minimum absolute atomic E-state index is 0.0502. The van der Waals surface area contributed by atoms with Gasteiger partial charge in [0.05, 0.1) is 18.8 Å². The first-order valence-corrected chi connectivity index (χ1v) is 6.56. The summed E-state index contributed by atoms with van der Waals surface area (Å²) in [7, 11) is 0. The molecular formula is C12H16F3N3O2. The van der Waals surface area contributed by atoms with Gasteiger partial charge in [0.15, 0.2) is 5.69 Å². The van der Waals surface area contributed by atoms with Crippen LogP contribution in [0.3, 0.4) is 0 Å². The molecule has 0 aromatic carbocycles. The van der Waals surface area contributed by atoms with Crippen molar-refractivity contribution in [2.75, 3.05) is 0 Å². The van der Waals surface area contributed by atoms with E-state index in [4.69, 9.17) is 0 Å². The Balaban J connectivity index is 1.90. The molecule has 1 fully saturated rings. The first-order valence-electron chi connectivity index (χ1n) is 6.56. The summed E-state index contributed by atoms with van der Waals surface area (Å²) < 4.78 is 37.7. The van der Waals surface area contributed by atoms with Gasteiger partial charge in [-0.3, -0.25) is 4.79 Å². The Bertz CT molecular complexity index is 467. The van der Waals surface area contributed by atoms with Crippen molar-refractivity contribution in [3.63, 3.8) is 0 Å². The lowest BCUT2D eigenvalue weighted by molar-refractivity contribution is -0.0888. The predicted octanol–water partition coefficient (Wildman–Crippen LogP) is 1.96. The Labute approximate surface area is 113 Å². The molecule has 0 radical (unpaired) electrons. The summed E-state index contributed by atoms with van der Waals surface area (Å²) in [6, 6.07) is 0. The van der Waals surface area contributed by atoms with Crippen molar-refractivity contribution < 1.29 is 23.1 Å². The summed E-state index contributed by atoms with van der Waals surface area (Å²) in [6.07, 6.45) is 0.349. The number of ketones is 1. The molecule has 0 bridgehead atoms. The maximum atomic E-state index is 12.2. The Hall–Kier alpha value is -1.44. The fourth-order valence-electron chi connectivity index (χ4n) is 2.56. The number of aromatic nitrogens is 3. The van der Waals surface area contributed by atoms with Crippen LogP contribution in [0.2, 0.25) is 0 Å². The molecule has 1 aliphatic carbocycles. The van der Waals surface area contributed by atoms with E-state index in [1.807, 2.05) is 0 Å². The van der Waals surface area contributed by atoms with Crippen molar-refractivity contribution in [3.8, 4) is 0 Å². The van der Waals surface area contributed by atoms with Gasteiger partial charge in [0.2, 0.25) is 0 Å². The molecule has 1 heterocycles. The Morgan fingerprint density at radius 2 is 2.10 bits per heavy atom. The molecule has 0 saturated heterocycles. The van der Waals surface area contributed by atoms with Gasteiger partial charge in [0, 0.05) is 0 Å². The molecule has 0 aliphatic heterocycles. The third kappa shape index (κ3) is 3.78. The van der Waals surface area contributed by atoms with Crippen LogP contribution < -0.4 is 0 Å². The standard InChI is InChI=1S/C12H16F3N3O2/c13-12(14,15)11(20)10-7-18(17-16-10)6-9(19)5-8-3-1-2-4-8/h7-9,19H,1-6H2. The molecule has 1 unspecified atom stereocenters. The summed E-state index contributed by atoms with van der Waals surface area (Å²) >= 11 is 0. The van der Waals surface area contributed by atoms with E-state index >= 15 is 0 Å². The normalized spacial score (nSPS) is 18.4. The van der Waals surface area contributed by atoms with E-state index in [1.54, 1.807) is 0 Å². The molecule has 5 nitrogen and oxygen atoms in total. The average Bonchev–Trinajstić information content (AvgIpc) is 2.98. The molecule has 1 aromatic heterocycles. The van der Waals surface area contributed by atoms with Crippen molar-refractivity contribution >= 4 is 5.78 Å². The quantitative estimate of drug-likeness (QED) is 0.842. The van der Waals surface area contributed by atoms with Crippen LogP contribution in [0, 0.1) is 5.92 Å². The first-order chi connectivity index (χ1) is 9.36. The van der Waals surface area contributed by atoms with Crippen LogP contribution in [0.5, 0.6) is 0 Å². The summed E-state index contributed by atoms with van der Waals surface area (Å²) in [5.41, 5.74) is -0.745. The molecule has 1 saturated carbocycles. The molecule has 0 spiro atoms. The van der Waals surface area contributed by atoms with Crippen LogP contribution in [0.4, 0.5) is 13.2 Å². The number of aliphatic hydroxyl groups is 1. The van der Waals surface area contributed by atoms with Crippen molar-refractivity contribution in [3.05, 3.63) is 11.9 Å². The van der Waals surface area contributed by atoms with Gasteiger partial charge in [-0.05, 0) is 12.3 Å². The number of rotatable bonds is 5. The molecule has 112 valence electrons. The fraction of sp³-hybridized carbons (Fsp3) is 0.750. The number of Topliss-reactive ketones (excluding diaryl/α,β-unsaturated/α-hetero) is 1. The lowest BCUT2D eigenvalue weighted by Gasteiger charge is -2.14. The molecule has 1 N–H and O–H groups in total. The Morgan fingerprint density at radius 3 is 2.70 bits per heavy atom. The van der Waals surface area contributed by atoms with Crippen molar-refractivity contribution in [1.29, 1.82) is 0 Å². The molecule has 1 aromatic rings. The first kappa shape index (κ1) is 15.0. The fourth-order valence-corrected chi connectivity index (χ4v) is 2.56. The minimum atomic E-state index is -4.96. The molecule has 1 atom stereocenters. The van der Waals surface area contributed by atoms with Gasteiger partial charge in [0.1, 0.15) is 0 Å².